The highest BCUT2D eigenvalue weighted by molar-refractivity contribution is 5.79. The number of aromatic nitrogens is 1. The van der Waals surface area contributed by atoms with Gasteiger partial charge in [0.2, 0.25) is 0 Å². The average Bonchev–Trinajstić information content (AvgIpc) is 2.81. The summed E-state index contributed by atoms with van der Waals surface area (Å²) < 4.78 is 11.3. The maximum absolute atomic E-state index is 5.81. The first-order valence-corrected chi connectivity index (χ1v) is 10.9. The van der Waals surface area contributed by atoms with Crippen LogP contribution in [0.4, 0.5) is 0 Å². The van der Waals surface area contributed by atoms with Gasteiger partial charge in [-0.05, 0) is 61.9 Å². The van der Waals surface area contributed by atoms with Gasteiger partial charge in [-0.15, -0.1) is 0 Å². The van der Waals surface area contributed by atoms with E-state index < -0.39 is 0 Å². The van der Waals surface area contributed by atoms with Crippen molar-refractivity contribution in [1.82, 2.24) is 15.2 Å². The van der Waals surface area contributed by atoms with Crippen LogP contribution in [-0.4, -0.2) is 49.2 Å². The van der Waals surface area contributed by atoms with Crippen LogP contribution in [0.25, 0.3) is 0 Å². The van der Waals surface area contributed by atoms with Crippen molar-refractivity contribution in [2.45, 2.75) is 39.3 Å². The van der Waals surface area contributed by atoms with E-state index in [9.17, 15) is 0 Å². The van der Waals surface area contributed by atoms with Gasteiger partial charge in [0, 0.05) is 39.5 Å². The third-order valence-corrected chi connectivity index (χ3v) is 5.36. The lowest BCUT2D eigenvalue weighted by atomic mass is 9.96. The van der Waals surface area contributed by atoms with E-state index in [0.717, 1.165) is 55.2 Å². The van der Waals surface area contributed by atoms with Gasteiger partial charge >= 0.3 is 0 Å². The lowest BCUT2D eigenvalue weighted by Gasteiger charge is -2.26. The fraction of sp³-hybridized carbons (Fsp3) is 0.500. The molecule has 1 aromatic carbocycles. The lowest BCUT2D eigenvalue weighted by Crippen LogP contribution is -2.40. The fourth-order valence-electron chi connectivity index (χ4n) is 3.48. The Labute approximate surface area is 180 Å². The summed E-state index contributed by atoms with van der Waals surface area (Å²) in [4.78, 5) is 11.3. The van der Waals surface area contributed by atoms with E-state index in [1.807, 2.05) is 30.3 Å². The van der Waals surface area contributed by atoms with Gasteiger partial charge in [0.1, 0.15) is 12.4 Å². The first-order valence-electron chi connectivity index (χ1n) is 10.9. The number of nitrogens with one attached hydrogen (secondary N) is 1. The average molecular weight is 411 g/mol. The third kappa shape index (κ3) is 7.34. The maximum Gasteiger partial charge on any atom is 0.193 e. The van der Waals surface area contributed by atoms with Crippen molar-refractivity contribution in [2.24, 2.45) is 10.9 Å². The summed E-state index contributed by atoms with van der Waals surface area (Å²) in [5.41, 5.74) is 2.08. The zero-order valence-electron chi connectivity index (χ0n) is 18.2. The van der Waals surface area contributed by atoms with Crippen molar-refractivity contribution in [3.63, 3.8) is 0 Å². The molecule has 1 fully saturated rings. The minimum atomic E-state index is 0.473. The minimum Gasteiger partial charge on any atom is -0.487 e. The van der Waals surface area contributed by atoms with E-state index in [-0.39, 0.29) is 0 Å². The molecule has 1 aliphatic rings. The van der Waals surface area contributed by atoms with Crippen molar-refractivity contribution in [3.8, 4) is 5.75 Å². The normalized spacial score (nSPS) is 15.1. The Morgan fingerprint density at radius 2 is 2.00 bits per heavy atom. The molecule has 0 atom stereocenters. The van der Waals surface area contributed by atoms with E-state index >= 15 is 0 Å². The molecule has 3 rings (SSSR count). The van der Waals surface area contributed by atoms with E-state index in [4.69, 9.17) is 14.5 Å². The molecule has 0 unspecified atom stereocenters. The molecule has 0 aliphatic carbocycles. The summed E-state index contributed by atoms with van der Waals surface area (Å²) in [6, 6.07) is 14.0. The van der Waals surface area contributed by atoms with Gasteiger partial charge in [0.15, 0.2) is 5.96 Å². The maximum atomic E-state index is 5.81. The van der Waals surface area contributed by atoms with Gasteiger partial charge in [-0.2, -0.15) is 0 Å². The molecule has 30 heavy (non-hydrogen) atoms. The van der Waals surface area contributed by atoms with E-state index in [1.54, 1.807) is 6.20 Å². The first-order chi connectivity index (χ1) is 14.7. The molecule has 0 bridgehead atoms. The number of hydrogen-bond donors (Lipinski definition) is 1. The quantitative estimate of drug-likeness (QED) is 0.502. The highest BCUT2D eigenvalue weighted by atomic mass is 16.5. The van der Waals surface area contributed by atoms with Crippen LogP contribution < -0.4 is 10.1 Å². The summed E-state index contributed by atoms with van der Waals surface area (Å²) in [7, 11) is 2.12. The largest absolute Gasteiger partial charge is 0.487 e. The van der Waals surface area contributed by atoms with Crippen LogP contribution in [0.3, 0.4) is 0 Å². The van der Waals surface area contributed by atoms with Crippen molar-refractivity contribution in [3.05, 3.63) is 59.9 Å². The van der Waals surface area contributed by atoms with Crippen LogP contribution in [0, 0.1) is 5.92 Å². The van der Waals surface area contributed by atoms with Crippen LogP contribution in [-0.2, 0) is 17.9 Å². The Balaban J connectivity index is 1.49. The number of guanidine groups is 1. The van der Waals surface area contributed by atoms with Crippen molar-refractivity contribution >= 4 is 5.96 Å². The number of ether oxygens (including phenoxy) is 2. The Morgan fingerprint density at radius 1 is 1.20 bits per heavy atom. The van der Waals surface area contributed by atoms with Gasteiger partial charge < -0.3 is 19.7 Å². The molecular weight excluding hydrogens is 376 g/mol. The fourth-order valence-corrected chi connectivity index (χ4v) is 3.48. The van der Waals surface area contributed by atoms with Gasteiger partial charge in [-0.3, -0.25) is 4.98 Å². The molecule has 0 amide bonds. The molecule has 0 saturated carbocycles. The summed E-state index contributed by atoms with van der Waals surface area (Å²) in [6.07, 6.45) is 5.32. The number of pyridine rings is 1. The second-order valence-corrected chi connectivity index (χ2v) is 7.69. The topological polar surface area (TPSA) is 59.0 Å². The second-order valence-electron chi connectivity index (χ2n) is 7.69. The number of aliphatic imine (C=N–C) groups is 1. The monoisotopic (exact) mass is 410 g/mol. The number of nitrogens with zero attached hydrogens (tertiary/aromatic N) is 3. The molecule has 2 aromatic rings. The van der Waals surface area contributed by atoms with Crippen molar-refractivity contribution < 1.29 is 9.47 Å². The summed E-state index contributed by atoms with van der Waals surface area (Å²) >= 11 is 0. The molecule has 6 nitrogen and oxygen atoms in total. The Kier molecular flexibility index (Phi) is 8.97. The lowest BCUT2D eigenvalue weighted by molar-refractivity contribution is 0.0625. The SMILES string of the molecule is CCNC(=NCc1ccc(OCc2ccccn2)cc1)N(C)CCC1CCOCC1. The molecule has 6 heteroatoms. The number of rotatable bonds is 9. The van der Waals surface area contributed by atoms with Crippen LogP contribution in [0.15, 0.2) is 53.7 Å². The van der Waals surface area contributed by atoms with Crippen LogP contribution in [0.5, 0.6) is 5.75 Å². The molecular formula is C24H34N4O2. The Bertz CT molecular complexity index is 759. The predicted octanol–water partition coefficient (Wildman–Crippen LogP) is 3.87. The van der Waals surface area contributed by atoms with E-state index in [1.165, 1.54) is 19.3 Å². The molecule has 0 spiro atoms. The zero-order valence-corrected chi connectivity index (χ0v) is 18.2. The molecule has 1 aromatic heterocycles. The van der Waals surface area contributed by atoms with Gasteiger partial charge in [0.25, 0.3) is 0 Å². The van der Waals surface area contributed by atoms with Gasteiger partial charge in [-0.25, -0.2) is 4.99 Å². The highest BCUT2D eigenvalue weighted by Crippen LogP contribution is 2.18. The van der Waals surface area contributed by atoms with Gasteiger partial charge in [0.05, 0.1) is 12.2 Å². The van der Waals surface area contributed by atoms with Crippen molar-refractivity contribution in [2.75, 3.05) is 33.4 Å². The zero-order chi connectivity index (χ0) is 21.0. The smallest absolute Gasteiger partial charge is 0.193 e. The summed E-state index contributed by atoms with van der Waals surface area (Å²) in [5.74, 6) is 2.57. The standard InChI is InChI=1S/C24H34N4O2/c1-3-25-24(28(2)15-11-20-12-16-29-17-13-20)27-18-21-7-9-23(10-8-21)30-19-22-6-4-5-14-26-22/h4-10,14,20H,3,11-13,15-19H2,1-2H3,(H,25,27). The molecule has 1 N–H and O–H groups in total. The Hall–Kier alpha value is -2.60. The van der Waals surface area contributed by atoms with E-state index in [2.05, 4.69) is 41.3 Å². The second kappa shape index (κ2) is 12.2. The van der Waals surface area contributed by atoms with Crippen LogP contribution >= 0.6 is 0 Å². The summed E-state index contributed by atoms with van der Waals surface area (Å²) in [5, 5.41) is 3.41. The number of hydrogen-bond acceptors (Lipinski definition) is 4. The van der Waals surface area contributed by atoms with E-state index in [0.29, 0.717) is 13.2 Å². The third-order valence-electron chi connectivity index (χ3n) is 5.36. The Morgan fingerprint density at radius 3 is 2.70 bits per heavy atom. The van der Waals surface area contributed by atoms with Crippen molar-refractivity contribution in [1.29, 1.82) is 0 Å². The molecule has 1 saturated heterocycles. The first kappa shape index (κ1) is 22.1. The molecule has 0 radical (unpaired) electrons. The van der Waals surface area contributed by atoms with Crippen LogP contribution in [0.2, 0.25) is 0 Å². The highest BCUT2D eigenvalue weighted by Gasteiger charge is 2.15. The molecule has 2 heterocycles. The van der Waals surface area contributed by atoms with Crippen LogP contribution in [0.1, 0.15) is 37.4 Å². The number of benzene rings is 1. The summed E-state index contributed by atoms with van der Waals surface area (Å²) in [6.45, 7) is 6.91. The molecule has 1 aliphatic heterocycles. The predicted molar refractivity (Wildman–Crippen MR) is 121 cm³/mol. The minimum absolute atomic E-state index is 0.473. The molecule has 162 valence electrons. The van der Waals surface area contributed by atoms with Gasteiger partial charge in [-0.1, -0.05) is 18.2 Å².